The van der Waals surface area contributed by atoms with Gasteiger partial charge in [0.15, 0.2) is 17.3 Å². The minimum Gasteiger partial charge on any atom is -0.492 e. The van der Waals surface area contributed by atoms with Gasteiger partial charge in [-0.1, -0.05) is 35.4 Å². The first-order valence-electron chi connectivity index (χ1n) is 8.53. The van der Waals surface area contributed by atoms with Gasteiger partial charge in [-0.25, -0.2) is 14.9 Å². The first kappa shape index (κ1) is 20.4. The van der Waals surface area contributed by atoms with Gasteiger partial charge in [0.05, 0.1) is 28.5 Å². The van der Waals surface area contributed by atoms with E-state index < -0.39 is 11.7 Å². The lowest BCUT2D eigenvalue weighted by Gasteiger charge is -2.17. The zero-order valence-corrected chi connectivity index (χ0v) is 16.5. The molecule has 0 aliphatic heterocycles. The fraction of sp³-hybridized carbons (Fsp3) is 0.263. The molecule has 6 nitrogen and oxygen atoms in total. The SMILES string of the molecule is COc1c(Cl)ccc(-c2cc(N)c(Cl)c(C(=O)NOC3C=CCCC3)n2)c1F. The number of nitrogens with one attached hydrogen (secondary N) is 1. The summed E-state index contributed by atoms with van der Waals surface area (Å²) in [5, 5.41) is 0.0583. The number of aromatic nitrogens is 1. The van der Waals surface area contributed by atoms with Crippen LogP contribution in [0.25, 0.3) is 11.3 Å². The number of allylic oxidation sites excluding steroid dienone is 1. The van der Waals surface area contributed by atoms with Crippen LogP contribution >= 0.6 is 23.2 Å². The van der Waals surface area contributed by atoms with Gasteiger partial charge in [-0.3, -0.25) is 9.63 Å². The van der Waals surface area contributed by atoms with Crippen LogP contribution in [0.5, 0.6) is 5.75 Å². The van der Waals surface area contributed by atoms with Crippen LogP contribution in [0.2, 0.25) is 10.0 Å². The quantitative estimate of drug-likeness (QED) is 0.541. The molecule has 1 aromatic heterocycles. The van der Waals surface area contributed by atoms with Crippen LogP contribution < -0.4 is 16.0 Å². The molecule has 0 saturated carbocycles. The summed E-state index contributed by atoms with van der Waals surface area (Å²) in [6.07, 6.45) is 6.37. The summed E-state index contributed by atoms with van der Waals surface area (Å²) in [4.78, 5) is 22.1. The van der Waals surface area contributed by atoms with Gasteiger partial charge in [0.2, 0.25) is 0 Å². The molecular formula is C19H18Cl2FN3O3. The average molecular weight is 426 g/mol. The number of ether oxygens (including phenoxy) is 1. The highest BCUT2D eigenvalue weighted by Gasteiger charge is 2.22. The number of nitrogens with zero attached hydrogens (tertiary/aromatic N) is 1. The Hall–Kier alpha value is -2.35. The van der Waals surface area contributed by atoms with Crippen LogP contribution in [0.15, 0.2) is 30.4 Å². The van der Waals surface area contributed by atoms with E-state index in [2.05, 4.69) is 10.5 Å². The monoisotopic (exact) mass is 425 g/mol. The molecule has 1 unspecified atom stereocenters. The molecule has 0 fully saturated rings. The Morgan fingerprint density at radius 3 is 2.86 bits per heavy atom. The number of nitrogens with two attached hydrogens (primary N) is 1. The lowest BCUT2D eigenvalue weighted by molar-refractivity contribution is -0.00109. The molecule has 1 aliphatic carbocycles. The molecule has 28 heavy (non-hydrogen) atoms. The maximum atomic E-state index is 14.7. The summed E-state index contributed by atoms with van der Waals surface area (Å²) in [6, 6.07) is 4.25. The number of nitrogen functional groups attached to an aromatic ring is 1. The molecule has 1 heterocycles. The van der Waals surface area contributed by atoms with E-state index >= 15 is 0 Å². The smallest absolute Gasteiger partial charge is 0.295 e. The first-order chi connectivity index (χ1) is 13.4. The van der Waals surface area contributed by atoms with Gasteiger partial charge in [0.1, 0.15) is 6.10 Å². The molecule has 3 N–H and O–H groups in total. The Kier molecular flexibility index (Phi) is 6.39. The molecule has 1 aliphatic rings. The van der Waals surface area contributed by atoms with Crippen molar-refractivity contribution in [2.45, 2.75) is 25.4 Å². The number of carbonyl (C=O) groups is 1. The van der Waals surface area contributed by atoms with E-state index in [0.717, 1.165) is 19.3 Å². The number of halogens is 3. The van der Waals surface area contributed by atoms with Gasteiger partial charge in [0, 0.05) is 5.56 Å². The number of amides is 1. The third-order valence-electron chi connectivity index (χ3n) is 4.24. The highest BCUT2D eigenvalue weighted by Crippen LogP contribution is 2.36. The molecule has 148 valence electrons. The van der Waals surface area contributed by atoms with E-state index in [-0.39, 0.29) is 44.5 Å². The Morgan fingerprint density at radius 2 is 2.18 bits per heavy atom. The van der Waals surface area contributed by atoms with Gasteiger partial charge >= 0.3 is 0 Å². The summed E-state index contributed by atoms with van der Waals surface area (Å²) in [5.41, 5.74) is 8.30. The number of hydrogen-bond acceptors (Lipinski definition) is 5. The van der Waals surface area contributed by atoms with Gasteiger partial charge in [-0.15, -0.1) is 0 Å². The number of rotatable bonds is 5. The summed E-state index contributed by atoms with van der Waals surface area (Å²) in [5.74, 6) is -1.54. The maximum Gasteiger partial charge on any atom is 0.295 e. The Labute approximate surface area is 171 Å². The third-order valence-corrected chi connectivity index (χ3v) is 4.94. The van der Waals surface area contributed by atoms with Crippen molar-refractivity contribution in [1.82, 2.24) is 10.5 Å². The van der Waals surface area contributed by atoms with Crippen LogP contribution in [0, 0.1) is 5.82 Å². The van der Waals surface area contributed by atoms with Crippen LogP contribution in [0.4, 0.5) is 10.1 Å². The number of carbonyl (C=O) groups excluding carboxylic acids is 1. The lowest BCUT2D eigenvalue weighted by Crippen LogP contribution is -2.30. The van der Waals surface area contributed by atoms with E-state index in [1.807, 2.05) is 12.2 Å². The van der Waals surface area contributed by atoms with Crippen molar-refractivity contribution in [1.29, 1.82) is 0 Å². The maximum absolute atomic E-state index is 14.7. The van der Waals surface area contributed by atoms with Gasteiger partial charge in [-0.05, 0) is 37.5 Å². The zero-order valence-electron chi connectivity index (χ0n) is 15.0. The minimum absolute atomic E-state index is 0.0506. The average Bonchev–Trinajstić information content (AvgIpc) is 2.69. The molecule has 1 atom stereocenters. The lowest BCUT2D eigenvalue weighted by atomic mass is 10.1. The normalized spacial score (nSPS) is 16.1. The van der Waals surface area contributed by atoms with Crippen LogP contribution in [-0.4, -0.2) is 24.1 Å². The van der Waals surface area contributed by atoms with Crippen molar-refractivity contribution in [3.05, 3.63) is 51.9 Å². The van der Waals surface area contributed by atoms with Crippen molar-refractivity contribution in [2.24, 2.45) is 0 Å². The zero-order chi connectivity index (χ0) is 20.3. The first-order valence-corrected chi connectivity index (χ1v) is 9.29. The van der Waals surface area contributed by atoms with Crippen molar-refractivity contribution in [2.75, 3.05) is 12.8 Å². The second kappa shape index (κ2) is 8.77. The van der Waals surface area contributed by atoms with E-state index in [9.17, 15) is 9.18 Å². The molecule has 0 saturated heterocycles. The van der Waals surface area contributed by atoms with E-state index in [4.69, 9.17) is 38.5 Å². The Morgan fingerprint density at radius 1 is 1.39 bits per heavy atom. The Bertz CT molecular complexity index is 937. The number of benzene rings is 1. The molecule has 0 bridgehead atoms. The van der Waals surface area contributed by atoms with E-state index in [1.54, 1.807) is 0 Å². The second-order valence-corrected chi connectivity index (χ2v) is 6.93. The number of hydrogen-bond donors (Lipinski definition) is 2. The van der Waals surface area contributed by atoms with Crippen molar-refractivity contribution in [3.8, 4) is 17.0 Å². The van der Waals surface area contributed by atoms with Gasteiger partial charge < -0.3 is 10.5 Å². The minimum atomic E-state index is -0.723. The summed E-state index contributed by atoms with van der Waals surface area (Å²) < 4.78 is 19.7. The van der Waals surface area contributed by atoms with Gasteiger partial charge in [-0.2, -0.15) is 0 Å². The second-order valence-electron chi connectivity index (χ2n) is 6.15. The van der Waals surface area contributed by atoms with Crippen molar-refractivity contribution < 1.29 is 18.8 Å². The molecule has 1 aromatic carbocycles. The molecule has 9 heteroatoms. The van der Waals surface area contributed by atoms with Crippen LogP contribution in [-0.2, 0) is 4.84 Å². The predicted molar refractivity (Wildman–Crippen MR) is 106 cm³/mol. The van der Waals surface area contributed by atoms with E-state index in [1.165, 1.54) is 25.3 Å². The van der Waals surface area contributed by atoms with E-state index in [0.29, 0.717) is 0 Å². The topological polar surface area (TPSA) is 86.5 Å². The number of pyridine rings is 1. The summed E-state index contributed by atoms with van der Waals surface area (Å²) in [7, 11) is 1.30. The molecule has 2 aromatic rings. The number of hydroxylamine groups is 1. The molecule has 0 radical (unpaired) electrons. The standard InChI is InChI=1S/C19H18Cl2FN3O3/c1-27-18-12(20)8-7-11(16(18)22)14-9-13(23)15(21)17(24-14)19(26)25-28-10-5-3-2-4-6-10/h3,5,7-10H,2,4,6H2,1H3,(H2,23,24)(H,25,26). The fourth-order valence-corrected chi connectivity index (χ4v) is 3.22. The molecule has 1 amide bonds. The van der Waals surface area contributed by atoms with Crippen molar-refractivity contribution in [3.63, 3.8) is 0 Å². The third kappa shape index (κ3) is 4.22. The number of anilines is 1. The molecular weight excluding hydrogens is 408 g/mol. The van der Waals surface area contributed by atoms with Gasteiger partial charge in [0.25, 0.3) is 5.91 Å². The summed E-state index contributed by atoms with van der Waals surface area (Å²) >= 11 is 12.1. The van der Waals surface area contributed by atoms with Crippen LogP contribution in [0.3, 0.4) is 0 Å². The Balaban J connectivity index is 1.91. The molecule has 0 spiro atoms. The predicted octanol–water partition coefficient (Wildman–Crippen LogP) is 4.56. The highest BCUT2D eigenvalue weighted by atomic mass is 35.5. The van der Waals surface area contributed by atoms with Crippen molar-refractivity contribution >= 4 is 34.8 Å². The largest absolute Gasteiger partial charge is 0.492 e. The fourth-order valence-electron chi connectivity index (χ4n) is 2.81. The van der Waals surface area contributed by atoms with Crippen LogP contribution in [0.1, 0.15) is 29.8 Å². The molecule has 3 rings (SSSR count). The number of methoxy groups -OCH3 is 1. The highest BCUT2D eigenvalue weighted by molar-refractivity contribution is 6.36. The summed E-state index contributed by atoms with van der Waals surface area (Å²) in [6.45, 7) is 0.